The van der Waals surface area contributed by atoms with Crippen molar-refractivity contribution >= 4 is 5.84 Å². The molecule has 0 heterocycles. The van der Waals surface area contributed by atoms with Crippen LogP contribution in [0, 0.1) is 0 Å². The first kappa shape index (κ1) is 12.2. The Labute approximate surface area is 79.2 Å². The Kier molecular flexibility index (Phi) is 7.33. The quantitative estimate of drug-likeness (QED) is 0.196. The molecule has 78 valence electrons. The SMILES string of the molecule is COCCCN(C)CC/C(N)=N/O. The van der Waals surface area contributed by atoms with Gasteiger partial charge >= 0.3 is 0 Å². The van der Waals surface area contributed by atoms with E-state index in [0.29, 0.717) is 6.42 Å². The van der Waals surface area contributed by atoms with Crippen LogP contribution in [0.1, 0.15) is 12.8 Å². The van der Waals surface area contributed by atoms with Crippen molar-refractivity contribution in [3.05, 3.63) is 0 Å². The average molecular weight is 189 g/mol. The van der Waals surface area contributed by atoms with E-state index in [1.165, 1.54) is 0 Å². The third-order valence-electron chi connectivity index (χ3n) is 1.77. The molecular formula is C8H19N3O2. The maximum Gasteiger partial charge on any atom is 0.140 e. The van der Waals surface area contributed by atoms with Crippen molar-refractivity contribution in [2.24, 2.45) is 10.9 Å². The highest BCUT2D eigenvalue weighted by molar-refractivity contribution is 5.79. The van der Waals surface area contributed by atoms with Gasteiger partial charge in [0.05, 0.1) is 0 Å². The lowest BCUT2D eigenvalue weighted by Gasteiger charge is -2.15. The first-order valence-corrected chi connectivity index (χ1v) is 4.34. The number of rotatable bonds is 7. The normalized spacial score (nSPS) is 12.4. The highest BCUT2D eigenvalue weighted by Crippen LogP contribution is 1.90. The summed E-state index contributed by atoms with van der Waals surface area (Å²) in [6.07, 6.45) is 1.60. The molecule has 0 rings (SSSR count). The summed E-state index contributed by atoms with van der Waals surface area (Å²) in [4.78, 5) is 2.12. The predicted molar refractivity (Wildman–Crippen MR) is 52.0 cm³/mol. The number of methoxy groups -OCH3 is 1. The molecule has 0 bridgehead atoms. The Morgan fingerprint density at radius 3 is 2.77 bits per heavy atom. The van der Waals surface area contributed by atoms with Gasteiger partial charge in [-0.2, -0.15) is 0 Å². The topological polar surface area (TPSA) is 71.1 Å². The second kappa shape index (κ2) is 7.82. The van der Waals surface area contributed by atoms with Gasteiger partial charge in [-0.1, -0.05) is 5.16 Å². The molecule has 5 nitrogen and oxygen atoms in total. The van der Waals surface area contributed by atoms with E-state index in [2.05, 4.69) is 10.1 Å². The molecule has 0 atom stereocenters. The van der Waals surface area contributed by atoms with Gasteiger partial charge in [0, 0.05) is 33.2 Å². The molecule has 0 aliphatic heterocycles. The fourth-order valence-corrected chi connectivity index (χ4v) is 0.946. The fourth-order valence-electron chi connectivity index (χ4n) is 0.946. The average Bonchev–Trinajstić information content (AvgIpc) is 2.14. The van der Waals surface area contributed by atoms with E-state index in [1.54, 1.807) is 7.11 Å². The summed E-state index contributed by atoms with van der Waals surface area (Å²) in [6.45, 7) is 2.54. The molecule has 0 amide bonds. The summed E-state index contributed by atoms with van der Waals surface area (Å²) >= 11 is 0. The van der Waals surface area contributed by atoms with Crippen LogP contribution in [-0.2, 0) is 4.74 Å². The van der Waals surface area contributed by atoms with Crippen LogP contribution in [0.5, 0.6) is 0 Å². The molecule has 13 heavy (non-hydrogen) atoms. The molecular weight excluding hydrogens is 170 g/mol. The Hall–Kier alpha value is -0.810. The van der Waals surface area contributed by atoms with Crippen LogP contribution in [-0.4, -0.2) is 49.8 Å². The van der Waals surface area contributed by atoms with Crippen molar-refractivity contribution in [3.8, 4) is 0 Å². The number of hydrogen-bond acceptors (Lipinski definition) is 4. The molecule has 0 saturated carbocycles. The van der Waals surface area contributed by atoms with Gasteiger partial charge in [-0.05, 0) is 13.5 Å². The zero-order valence-corrected chi connectivity index (χ0v) is 8.36. The van der Waals surface area contributed by atoms with Crippen LogP contribution in [0.15, 0.2) is 5.16 Å². The van der Waals surface area contributed by atoms with Gasteiger partial charge in [0.2, 0.25) is 0 Å². The van der Waals surface area contributed by atoms with Crippen molar-refractivity contribution in [3.63, 3.8) is 0 Å². The monoisotopic (exact) mass is 189 g/mol. The molecule has 0 spiro atoms. The minimum atomic E-state index is 0.276. The number of hydrogen-bond donors (Lipinski definition) is 2. The van der Waals surface area contributed by atoms with E-state index in [9.17, 15) is 0 Å². The second-order valence-corrected chi connectivity index (χ2v) is 2.99. The maximum absolute atomic E-state index is 8.29. The zero-order chi connectivity index (χ0) is 10.1. The largest absolute Gasteiger partial charge is 0.409 e. The first-order chi connectivity index (χ1) is 6.20. The molecule has 0 radical (unpaired) electrons. The summed E-state index contributed by atoms with van der Waals surface area (Å²) in [6, 6.07) is 0. The number of nitrogens with two attached hydrogens (primary N) is 1. The van der Waals surface area contributed by atoms with Crippen LogP contribution in [0.3, 0.4) is 0 Å². The molecule has 3 N–H and O–H groups in total. The van der Waals surface area contributed by atoms with Crippen LogP contribution < -0.4 is 5.73 Å². The molecule has 0 unspecified atom stereocenters. The summed E-state index contributed by atoms with van der Waals surface area (Å²) in [5, 5.41) is 11.2. The summed E-state index contributed by atoms with van der Waals surface area (Å²) < 4.78 is 4.92. The number of oxime groups is 1. The van der Waals surface area contributed by atoms with Gasteiger partial charge in [-0.15, -0.1) is 0 Å². The molecule has 5 heteroatoms. The second-order valence-electron chi connectivity index (χ2n) is 2.99. The van der Waals surface area contributed by atoms with Crippen LogP contribution in [0.4, 0.5) is 0 Å². The van der Waals surface area contributed by atoms with Gasteiger partial charge in [-0.3, -0.25) is 0 Å². The highest BCUT2D eigenvalue weighted by Gasteiger charge is 1.99. The van der Waals surface area contributed by atoms with Crippen LogP contribution in [0.2, 0.25) is 0 Å². The van der Waals surface area contributed by atoms with E-state index in [4.69, 9.17) is 15.7 Å². The molecule has 0 aromatic rings. The Bertz CT molecular complexity index is 150. The summed E-state index contributed by atoms with van der Waals surface area (Å²) in [7, 11) is 3.69. The highest BCUT2D eigenvalue weighted by atomic mass is 16.5. The smallest absolute Gasteiger partial charge is 0.140 e. The van der Waals surface area contributed by atoms with E-state index < -0.39 is 0 Å². The van der Waals surface area contributed by atoms with Gasteiger partial charge < -0.3 is 20.6 Å². The molecule has 0 aliphatic carbocycles. The minimum absolute atomic E-state index is 0.276. The van der Waals surface area contributed by atoms with E-state index in [0.717, 1.165) is 26.1 Å². The predicted octanol–water partition coefficient (Wildman–Crippen LogP) is 0.0912. The Balaban J connectivity index is 3.34. The third-order valence-corrected chi connectivity index (χ3v) is 1.77. The maximum atomic E-state index is 8.29. The van der Waals surface area contributed by atoms with Crippen molar-refractivity contribution in [1.29, 1.82) is 0 Å². The zero-order valence-electron chi connectivity index (χ0n) is 8.36. The summed E-state index contributed by atoms with van der Waals surface area (Å²) in [5.74, 6) is 0.276. The third kappa shape index (κ3) is 7.55. The molecule has 0 aliphatic rings. The lowest BCUT2D eigenvalue weighted by molar-refractivity contribution is 0.180. The lowest BCUT2D eigenvalue weighted by Crippen LogP contribution is -2.26. The van der Waals surface area contributed by atoms with Crippen molar-refractivity contribution in [2.75, 3.05) is 33.9 Å². The first-order valence-electron chi connectivity index (χ1n) is 4.34. The lowest BCUT2D eigenvalue weighted by atomic mass is 10.3. The van der Waals surface area contributed by atoms with Crippen molar-refractivity contribution in [1.82, 2.24) is 4.90 Å². The number of ether oxygens (including phenoxy) is 1. The molecule has 0 aromatic carbocycles. The van der Waals surface area contributed by atoms with E-state index in [1.807, 2.05) is 7.05 Å². The number of nitrogens with zero attached hydrogens (tertiary/aromatic N) is 2. The summed E-state index contributed by atoms with van der Waals surface area (Å²) in [5.41, 5.74) is 5.32. The van der Waals surface area contributed by atoms with E-state index >= 15 is 0 Å². The molecule has 0 fully saturated rings. The van der Waals surface area contributed by atoms with Crippen LogP contribution in [0.25, 0.3) is 0 Å². The van der Waals surface area contributed by atoms with Gasteiger partial charge in [-0.25, -0.2) is 0 Å². The van der Waals surface area contributed by atoms with Crippen LogP contribution >= 0.6 is 0 Å². The standard InChI is InChI=1S/C8H19N3O2/c1-11(5-3-7-13-2)6-4-8(9)10-12/h12H,3-7H2,1-2H3,(H2,9,10). The Morgan fingerprint density at radius 2 is 2.23 bits per heavy atom. The minimum Gasteiger partial charge on any atom is -0.409 e. The van der Waals surface area contributed by atoms with Crippen molar-refractivity contribution in [2.45, 2.75) is 12.8 Å². The fraction of sp³-hybridized carbons (Fsp3) is 0.875. The number of amidine groups is 1. The van der Waals surface area contributed by atoms with Gasteiger partial charge in [0.1, 0.15) is 5.84 Å². The van der Waals surface area contributed by atoms with Gasteiger partial charge in [0.25, 0.3) is 0 Å². The molecule has 0 aromatic heterocycles. The Morgan fingerprint density at radius 1 is 1.54 bits per heavy atom. The van der Waals surface area contributed by atoms with E-state index in [-0.39, 0.29) is 5.84 Å². The van der Waals surface area contributed by atoms with Crippen molar-refractivity contribution < 1.29 is 9.94 Å². The molecule has 0 saturated heterocycles. The van der Waals surface area contributed by atoms with Gasteiger partial charge in [0.15, 0.2) is 0 Å².